The van der Waals surface area contributed by atoms with E-state index in [9.17, 15) is 0 Å². The predicted octanol–water partition coefficient (Wildman–Crippen LogP) is 3.01. The van der Waals surface area contributed by atoms with Crippen LogP contribution in [0.15, 0.2) is 21.2 Å². The molecule has 0 aromatic rings. The molecule has 1 aliphatic rings. The zero-order chi connectivity index (χ0) is 10.8. The second kappa shape index (κ2) is 4.30. The summed E-state index contributed by atoms with van der Waals surface area (Å²) < 4.78 is 0. The molecule has 80 valence electrons. The van der Waals surface area contributed by atoms with Gasteiger partial charge in [-0.15, -0.1) is 0 Å². The van der Waals surface area contributed by atoms with Crippen LogP contribution in [0.5, 0.6) is 0 Å². The average Bonchev–Trinajstić information content (AvgIpc) is 2.27. The molecule has 3 heteroatoms. The first-order chi connectivity index (χ1) is 6.47. The summed E-state index contributed by atoms with van der Waals surface area (Å²) in [6, 6.07) is 0. The van der Waals surface area contributed by atoms with Gasteiger partial charge in [0, 0.05) is 17.3 Å². The fraction of sp³-hybridized carbons (Fsp3) is 0.636. The molecule has 0 saturated heterocycles. The second-order valence-corrected chi connectivity index (χ2v) is 6.68. The fourth-order valence-corrected chi connectivity index (χ4v) is 1.87. The van der Waals surface area contributed by atoms with Crippen molar-refractivity contribution in [2.24, 2.45) is 15.4 Å². The van der Waals surface area contributed by atoms with E-state index in [2.05, 4.69) is 43.9 Å². The summed E-state index contributed by atoms with van der Waals surface area (Å²) in [6.45, 7) is 8.57. The largest absolute Gasteiger partial charge is 0.262 e. The highest BCUT2D eigenvalue weighted by Crippen LogP contribution is 2.33. The van der Waals surface area contributed by atoms with E-state index >= 15 is 0 Å². The lowest BCUT2D eigenvalue weighted by atomic mass is 9.90. The van der Waals surface area contributed by atoms with Crippen molar-refractivity contribution in [2.75, 3.05) is 12.0 Å². The van der Waals surface area contributed by atoms with Crippen LogP contribution >= 0.6 is 10.9 Å². The van der Waals surface area contributed by atoms with E-state index in [0.717, 1.165) is 10.7 Å². The highest BCUT2D eigenvalue weighted by molar-refractivity contribution is 8.19. The lowest BCUT2D eigenvalue weighted by Gasteiger charge is -2.17. The first kappa shape index (κ1) is 11.5. The van der Waals surface area contributed by atoms with Gasteiger partial charge in [-0.05, 0) is 32.8 Å². The quantitative estimate of drug-likeness (QED) is 0.681. The zero-order valence-corrected chi connectivity index (χ0v) is 10.6. The van der Waals surface area contributed by atoms with Gasteiger partial charge in [0.15, 0.2) is 0 Å². The smallest absolute Gasteiger partial charge is 0.0941 e. The van der Waals surface area contributed by atoms with Crippen molar-refractivity contribution >= 4 is 22.8 Å². The van der Waals surface area contributed by atoms with Crippen molar-refractivity contribution in [1.29, 1.82) is 0 Å². The molecule has 2 nitrogen and oxygen atoms in total. The fourth-order valence-electron chi connectivity index (χ4n) is 1.03. The first-order valence-corrected chi connectivity index (χ1v) is 6.96. The average molecular weight is 212 g/mol. The van der Waals surface area contributed by atoms with Crippen molar-refractivity contribution in [3.63, 3.8) is 0 Å². The van der Waals surface area contributed by atoms with Crippen LogP contribution in [-0.4, -0.2) is 23.9 Å². The van der Waals surface area contributed by atoms with Crippen LogP contribution in [0, 0.1) is 5.41 Å². The number of hydrogen-bond donors (Lipinski definition) is 1. The Hall–Kier alpha value is -0.570. The highest BCUT2D eigenvalue weighted by Gasteiger charge is 2.20. The molecule has 0 bridgehead atoms. The maximum absolute atomic E-state index is 4.55. The summed E-state index contributed by atoms with van der Waals surface area (Å²) in [6.07, 6.45) is 6.22. The molecule has 0 aromatic heterocycles. The molecule has 1 rings (SSSR count). The Balaban J connectivity index is 2.96. The molecule has 0 radical (unpaired) electrons. The third kappa shape index (κ3) is 2.47. The topological polar surface area (TPSA) is 24.7 Å². The van der Waals surface area contributed by atoms with Crippen LogP contribution in [0.2, 0.25) is 0 Å². The van der Waals surface area contributed by atoms with Crippen molar-refractivity contribution in [3.05, 3.63) is 11.2 Å². The molecule has 0 fully saturated rings. The van der Waals surface area contributed by atoms with E-state index in [-0.39, 0.29) is 16.3 Å². The van der Waals surface area contributed by atoms with E-state index in [1.807, 2.05) is 12.4 Å². The lowest BCUT2D eigenvalue weighted by molar-refractivity contribution is 0.743. The van der Waals surface area contributed by atoms with Crippen molar-refractivity contribution in [2.45, 2.75) is 27.7 Å². The number of aliphatic imine (C=N–C) groups is 2. The maximum Gasteiger partial charge on any atom is 0.0941 e. The van der Waals surface area contributed by atoms with E-state index < -0.39 is 0 Å². The van der Waals surface area contributed by atoms with Gasteiger partial charge < -0.3 is 0 Å². The van der Waals surface area contributed by atoms with Gasteiger partial charge in [-0.3, -0.25) is 9.98 Å². The van der Waals surface area contributed by atoms with Gasteiger partial charge in [0.1, 0.15) is 0 Å². The normalized spacial score (nSPS) is 23.6. The molecule has 0 saturated carbocycles. The molecule has 0 spiro atoms. The summed E-state index contributed by atoms with van der Waals surface area (Å²) in [7, 11) is -0.118. The Morgan fingerprint density at radius 2 is 2.07 bits per heavy atom. The van der Waals surface area contributed by atoms with Crippen molar-refractivity contribution in [1.82, 2.24) is 0 Å². The van der Waals surface area contributed by atoms with E-state index in [1.54, 1.807) is 0 Å². The summed E-state index contributed by atoms with van der Waals surface area (Å²) in [4.78, 5) is 9.02. The van der Waals surface area contributed by atoms with Crippen LogP contribution in [0.3, 0.4) is 0 Å². The standard InChI is InChI=1S/C11H20N2S/c1-6-14(5)10-7-12-9(2)11(3,4)8-13-10/h7-8,14H,6H2,1-5H3. The van der Waals surface area contributed by atoms with Gasteiger partial charge in [0.25, 0.3) is 0 Å². The Labute approximate surface area is 89.6 Å². The van der Waals surface area contributed by atoms with Gasteiger partial charge in [-0.25, -0.2) is 10.9 Å². The number of hydrogen-bond acceptors (Lipinski definition) is 2. The van der Waals surface area contributed by atoms with Crippen LogP contribution in [0.25, 0.3) is 0 Å². The molecule has 0 aliphatic carbocycles. The summed E-state index contributed by atoms with van der Waals surface area (Å²) in [5.74, 6) is 1.17. The van der Waals surface area contributed by atoms with Crippen LogP contribution in [0.1, 0.15) is 27.7 Å². The van der Waals surface area contributed by atoms with Gasteiger partial charge in [0.2, 0.25) is 0 Å². The van der Waals surface area contributed by atoms with Crippen molar-refractivity contribution in [3.8, 4) is 0 Å². The minimum absolute atomic E-state index is 0.00215. The van der Waals surface area contributed by atoms with E-state index in [4.69, 9.17) is 0 Å². The maximum atomic E-state index is 4.55. The third-order valence-electron chi connectivity index (χ3n) is 2.69. The molecule has 0 N–H and O–H groups in total. The Morgan fingerprint density at radius 1 is 1.43 bits per heavy atom. The Kier molecular flexibility index (Phi) is 3.53. The predicted molar refractivity (Wildman–Crippen MR) is 68.9 cm³/mol. The van der Waals surface area contributed by atoms with E-state index in [1.165, 1.54) is 5.75 Å². The molecule has 1 atom stereocenters. The van der Waals surface area contributed by atoms with Crippen LogP contribution in [0.4, 0.5) is 0 Å². The zero-order valence-electron chi connectivity index (χ0n) is 9.70. The first-order valence-electron chi connectivity index (χ1n) is 4.99. The minimum Gasteiger partial charge on any atom is -0.262 e. The molecule has 1 aliphatic heterocycles. The lowest BCUT2D eigenvalue weighted by Crippen LogP contribution is -2.22. The van der Waals surface area contributed by atoms with Crippen LogP contribution < -0.4 is 0 Å². The molecule has 1 unspecified atom stereocenters. The molecular formula is C11H20N2S. The summed E-state index contributed by atoms with van der Waals surface area (Å²) >= 11 is 0. The molecular weight excluding hydrogens is 192 g/mol. The summed E-state index contributed by atoms with van der Waals surface area (Å²) in [5.41, 5.74) is 1.14. The molecule has 0 amide bonds. The van der Waals surface area contributed by atoms with E-state index in [0.29, 0.717) is 0 Å². The number of rotatable bonds is 2. The molecule has 0 aromatic carbocycles. The van der Waals surface area contributed by atoms with Crippen LogP contribution in [-0.2, 0) is 0 Å². The molecule has 1 heterocycles. The third-order valence-corrected chi connectivity index (χ3v) is 4.65. The highest BCUT2D eigenvalue weighted by atomic mass is 32.2. The van der Waals surface area contributed by atoms with Gasteiger partial charge >= 0.3 is 0 Å². The molecule has 14 heavy (non-hydrogen) atoms. The monoisotopic (exact) mass is 212 g/mol. The second-order valence-electron chi connectivity index (χ2n) is 4.20. The minimum atomic E-state index is -0.118. The SMILES string of the molecule is CC[SH](C)C1=CN=C(C)C(C)(C)C=N1. The Morgan fingerprint density at radius 3 is 2.64 bits per heavy atom. The Bertz CT molecular complexity index is 300. The van der Waals surface area contributed by atoms with Crippen molar-refractivity contribution < 1.29 is 0 Å². The van der Waals surface area contributed by atoms with Gasteiger partial charge in [-0.1, -0.05) is 6.92 Å². The number of nitrogens with zero attached hydrogens (tertiary/aromatic N) is 2. The van der Waals surface area contributed by atoms with Gasteiger partial charge in [-0.2, -0.15) is 0 Å². The summed E-state index contributed by atoms with van der Waals surface area (Å²) in [5, 5.41) is 1.16. The number of thiol groups is 1. The van der Waals surface area contributed by atoms with Gasteiger partial charge in [0.05, 0.1) is 11.2 Å².